The first kappa shape index (κ1) is 15.3. The Morgan fingerprint density at radius 2 is 1.84 bits per heavy atom. The number of anilines is 1. The minimum Gasteiger partial charge on any atom is -0.368 e. The Hall–Kier alpha value is -3.21. The fourth-order valence-electron chi connectivity index (χ4n) is 2.90. The van der Waals surface area contributed by atoms with Gasteiger partial charge in [0.25, 0.3) is 0 Å². The number of aryl methyl sites for hydroxylation is 1. The van der Waals surface area contributed by atoms with Crippen LogP contribution in [0.3, 0.4) is 0 Å². The van der Waals surface area contributed by atoms with Crippen LogP contribution in [0.25, 0.3) is 16.9 Å². The predicted molar refractivity (Wildman–Crippen MR) is 99.6 cm³/mol. The lowest BCUT2D eigenvalue weighted by atomic mass is 10.1. The summed E-state index contributed by atoms with van der Waals surface area (Å²) in [4.78, 5) is 8.49. The van der Waals surface area contributed by atoms with Crippen molar-refractivity contribution in [2.45, 2.75) is 13.3 Å². The Morgan fingerprint density at radius 1 is 1.00 bits per heavy atom. The van der Waals surface area contributed by atoms with E-state index in [-0.39, 0.29) is 0 Å². The van der Waals surface area contributed by atoms with Crippen molar-refractivity contribution in [2.24, 2.45) is 0 Å². The van der Waals surface area contributed by atoms with E-state index < -0.39 is 0 Å². The summed E-state index contributed by atoms with van der Waals surface area (Å²) >= 11 is 0. The zero-order valence-electron chi connectivity index (χ0n) is 14.1. The summed E-state index contributed by atoms with van der Waals surface area (Å²) in [6, 6.07) is 16.3. The van der Waals surface area contributed by atoms with Crippen LogP contribution in [-0.4, -0.2) is 26.1 Å². The van der Waals surface area contributed by atoms with Crippen LogP contribution >= 0.6 is 0 Å². The molecule has 0 spiro atoms. The van der Waals surface area contributed by atoms with Crippen molar-refractivity contribution in [3.8, 4) is 11.3 Å². The molecule has 0 amide bonds. The highest BCUT2D eigenvalue weighted by molar-refractivity contribution is 5.63. The SMILES string of the molecule is Cc1ccccc1CCNc1ccc2ncc(-c3ccncc3)n2n1. The second-order valence-corrected chi connectivity index (χ2v) is 5.97. The van der Waals surface area contributed by atoms with Crippen LogP contribution in [0.1, 0.15) is 11.1 Å². The van der Waals surface area contributed by atoms with Crippen LogP contribution in [0.2, 0.25) is 0 Å². The van der Waals surface area contributed by atoms with Gasteiger partial charge in [0.05, 0.1) is 11.9 Å². The average molecular weight is 329 g/mol. The molecular weight excluding hydrogens is 310 g/mol. The maximum atomic E-state index is 4.69. The number of nitrogens with zero attached hydrogens (tertiary/aromatic N) is 4. The van der Waals surface area contributed by atoms with Crippen molar-refractivity contribution >= 4 is 11.5 Å². The summed E-state index contributed by atoms with van der Waals surface area (Å²) in [5.74, 6) is 0.842. The lowest BCUT2D eigenvalue weighted by Crippen LogP contribution is -2.09. The molecule has 25 heavy (non-hydrogen) atoms. The summed E-state index contributed by atoms with van der Waals surface area (Å²) in [5.41, 5.74) is 5.52. The third-order valence-electron chi connectivity index (χ3n) is 4.30. The Balaban J connectivity index is 1.54. The molecule has 124 valence electrons. The van der Waals surface area contributed by atoms with Gasteiger partial charge < -0.3 is 5.32 Å². The normalized spacial score (nSPS) is 10.9. The summed E-state index contributed by atoms with van der Waals surface area (Å²) in [5, 5.41) is 8.10. The molecule has 0 unspecified atom stereocenters. The largest absolute Gasteiger partial charge is 0.368 e. The number of hydrogen-bond acceptors (Lipinski definition) is 4. The van der Waals surface area contributed by atoms with Gasteiger partial charge in [-0.3, -0.25) is 4.98 Å². The smallest absolute Gasteiger partial charge is 0.154 e. The number of aromatic nitrogens is 4. The molecule has 0 saturated carbocycles. The number of hydrogen-bond donors (Lipinski definition) is 1. The van der Waals surface area contributed by atoms with Crippen LogP contribution in [-0.2, 0) is 6.42 Å². The first-order valence-electron chi connectivity index (χ1n) is 8.35. The van der Waals surface area contributed by atoms with E-state index in [9.17, 15) is 0 Å². The zero-order chi connectivity index (χ0) is 17.1. The minimum atomic E-state index is 0.830. The first-order valence-corrected chi connectivity index (χ1v) is 8.35. The predicted octanol–water partition coefficient (Wildman–Crippen LogP) is 3.75. The topological polar surface area (TPSA) is 55.1 Å². The van der Waals surface area contributed by atoms with Crippen molar-refractivity contribution in [2.75, 3.05) is 11.9 Å². The zero-order valence-corrected chi connectivity index (χ0v) is 14.1. The van der Waals surface area contributed by atoms with Gasteiger partial charge in [-0.15, -0.1) is 5.10 Å². The molecule has 4 aromatic rings. The van der Waals surface area contributed by atoms with Crippen LogP contribution in [0, 0.1) is 6.92 Å². The van der Waals surface area contributed by atoms with Gasteiger partial charge in [-0.25, -0.2) is 9.50 Å². The molecule has 5 heteroatoms. The Labute approximate surface area is 146 Å². The monoisotopic (exact) mass is 329 g/mol. The Bertz CT molecular complexity index is 991. The number of fused-ring (bicyclic) bond motifs is 1. The van der Waals surface area contributed by atoms with Crippen LogP contribution < -0.4 is 5.32 Å². The molecule has 3 heterocycles. The van der Waals surface area contributed by atoms with Crippen LogP contribution in [0.5, 0.6) is 0 Å². The van der Waals surface area contributed by atoms with Gasteiger partial charge in [-0.05, 0) is 48.7 Å². The molecule has 0 fully saturated rings. The molecule has 0 bridgehead atoms. The molecule has 0 aliphatic heterocycles. The van der Waals surface area contributed by atoms with Gasteiger partial charge in [-0.1, -0.05) is 24.3 Å². The van der Waals surface area contributed by atoms with E-state index >= 15 is 0 Å². The number of rotatable bonds is 5. The van der Waals surface area contributed by atoms with E-state index in [0.29, 0.717) is 0 Å². The summed E-state index contributed by atoms with van der Waals surface area (Å²) in [7, 11) is 0. The maximum Gasteiger partial charge on any atom is 0.154 e. The molecule has 0 aliphatic rings. The van der Waals surface area contributed by atoms with E-state index in [1.165, 1.54) is 11.1 Å². The standard InChI is InChI=1S/C20H19N5/c1-15-4-2-3-5-16(15)10-13-22-19-6-7-20-23-14-18(25(20)24-19)17-8-11-21-12-9-17/h2-9,11-12,14H,10,13H2,1H3,(H,22,24). The molecule has 0 saturated heterocycles. The van der Waals surface area contributed by atoms with Gasteiger partial charge in [-0.2, -0.15) is 0 Å². The van der Waals surface area contributed by atoms with Crippen molar-refractivity contribution in [1.29, 1.82) is 0 Å². The van der Waals surface area contributed by atoms with Crippen molar-refractivity contribution in [3.05, 3.63) is 78.2 Å². The Morgan fingerprint density at radius 3 is 2.68 bits per heavy atom. The third kappa shape index (κ3) is 3.21. The second kappa shape index (κ2) is 6.73. The summed E-state index contributed by atoms with van der Waals surface area (Å²) in [6.07, 6.45) is 6.36. The molecule has 4 rings (SSSR count). The highest BCUT2D eigenvalue weighted by atomic mass is 15.3. The summed E-state index contributed by atoms with van der Waals surface area (Å²) in [6.45, 7) is 2.98. The molecule has 0 atom stereocenters. The molecule has 1 aromatic carbocycles. The van der Waals surface area contributed by atoms with Crippen molar-refractivity contribution in [1.82, 2.24) is 19.6 Å². The molecule has 1 N–H and O–H groups in total. The third-order valence-corrected chi connectivity index (χ3v) is 4.30. The van der Waals surface area contributed by atoms with Gasteiger partial charge >= 0.3 is 0 Å². The van der Waals surface area contributed by atoms with E-state index in [0.717, 1.165) is 35.7 Å². The summed E-state index contributed by atoms with van der Waals surface area (Å²) < 4.78 is 1.87. The number of benzene rings is 1. The van der Waals surface area contributed by atoms with Gasteiger partial charge in [0.15, 0.2) is 5.65 Å². The lowest BCUT2D eigenvalue weighted by molar-refractivity contribution is 0.918. The van der Waals surface area contributed by atoms with Crippen LogP contribution in [0.15, 0.2) is 67.1 Å². The van der Waals surface area contributed by atoms with E-state index in [1.807, 2.05) is 35.0 Å². The molecule has 0 radical (unpaired) electrons. The number of pyridine rings is 1. The highest BCUT2D eigenvalue weighted by Crippen LogP contribution is 2.20. The number of nitrogens with one attached hydrogen (secondary N) is 1. The maximum absolute atomic E-state index is 4.69. The van der Waals surface area contributed by atoms with E-state index in [1.54, 1.807) is 12.4 Å². The van der Waals surface area contributed by atoms with Gasteiger partial charge in [0.1, 0.15) is 5.82 Å². The molecular formula is C20H19N5. The number of imidazole rings is 1. The minimum absolute atomic E-state index is 0.830. The fourth-order valence-corrected chi connectivity index (χ4v) is 2.90. The molecule has 0 aliphatic carbocycles. The van der Waals surface area contributed by atoms with Crippen molar-refractivity contribution in [3.63, 3.8) is 0 Å². The van der Waals surface area contributed by atoms with Crippen LogP contribution in [0.4, 0.5) is 5.82 Å². The Kier molecular flexibility index (Phi) is 4.12. The molecule has 5 nitrogen and oxygen atoms in total. The second-order valence-electron chi connectivity index (χ2n) is 5.97. The van der Waals surface area contributed by atoms with Gasteiger partial charge in [0.2, 0.25) is 0 Å². The highest BCUT2D eigenvalue weighted by Gasteiger charge is 2.07. The molecule has 3 aromatic heterocycles. The quantitative estimate of drug-likeness (QED) is 0.606. The average Bonchev–Trinajstić information content (AvgIpc) is 3.07. The fraction of sp³-hybridized carbons (Fsp3) is 0.150. The van der Waals surface area contributed by atoms with Crippen molar-refractivity contribution < 1.29 is 0 Å². The lowest BCUT2D eigenvalue weighted by Gasteiger charge is -2.08. The van der Waals surface area contributed by atoms with Gasteiger partial charge in [0, 0.05) is 24.5 Å². The van der Waals surface area contributed by atoms with E-state index in [2.05, 4.69) is 51.6 Å². The first-order chi connectivity index (χ1) is 12.3. The van der Waals surface area contributed by atoms with E-state index in [4.69, 9.17) is 0 Å².